The number of nitrogens with two attached hydrogens (primary N) is 2. The largest absolute Gasteiger partial charge is 0.488 e. The van der Waals surface area contributed by atoms with E-state index in [1.54, 1.807) is 24.3 Å². The van der Waals surface area contributed by atoms with Gasteiger partial charge in [-0.15, -0.1) is 0 Å². The third kappa shape index (κ3) is 2.76. The van der Waals surface area contributed by atoms with Gasteiger partial charge in [-0.25, -0.2) is 0 Å². The van der Waals surface area contributed by atoms with Gasteiger partial charge in [-0.2, -0.15) is 0 Å². The zero-order valence-electron chi connectivity index (χ0n) is 13.5. The molecule has 0 aromatic heterocycles. The van der Waals surface area contributed by atoms with Gasteiger partial charge in [-0.1, -0.05) is 12.1 Å². The van der Waals surface area contributed by atoms with Crippen LogP contribution in [0.5, 0.6) is 5.75 Å². The minimum Gasteiger partial charge on any atom is -0.488 e. The van der Waals surface area contributed by atoms with Gasteiger partial charge in [0, 0.05) is 28.6 Å². The van der Waals surface area contributed by atoms with Crippen molar-refractivity contribution in [2.24, 2.45) is 0 Å². The summed E-state index contributed by atoms with van der Waals surface area (Å²) < 4.78 is 5.86. The van der Waals surface area contributed by atoms with Crippen molar-refractivity contribution in [3.63, 3.8) is 0 Å². The van der Waals surface area contributed by atoms with Gasteiger partial charge in [-0.05, 0) is 42.5 Å². The zero-order chi connectivity index (χ0) is 17.4. The standard InChI is InChI=1S/C20H17N3O2/c21-13-5-7-15-12(9-13)11-25-19-10-14(6-8-16(19)20(15)24)23-18-4-2-1-3-17(18)22/h1-10,23H,11,21-22H2. The van der Waals surface area contributed by atoms with Crippen LogP contribution in [0.4, 0.5) is 22.7 Å². The minimum absolute atomic E-state index is 0.0618. The van der Waals surface area contributed by atoms with Crippen molar-refractivity contribution in [1.82, 2.24) is 0 Å². The molecule has 0 bridgehead atoms. The molecule has 0 spiro atoms. The maximum absolute atomic E-state index is 12.8. The number of hydrogen-bond donors (Lipinski definition) is 3. The van der Waals surface area contributed by atoms with Gasteiger partial charge >= 0.3 is 0 Å². The molecule has 1 aliphatic rings. The van der Waals surface area contributed by atoms with E-state index < -0.39 is 0 Å². The van der Waals surface area contributed by atoms with E-state index in [1.165, 1.54) is 0 Å². The molecule has 0 unspecified atom stereocenters. The molecule has 5 nitrogen and oxygen atoms in total. The molecule has 1 aliphatic heterocycles. The Morgan fingerprint density at radius 2 is 1.72 bits per heavy atom. The predicted molar refractivity (Wildman–Crippen MR) is 99.2 cm³/mol. The average molecular weight is 331 g/mol. The summed E-state index contributed by atoms with van der Waals surface area (Å²) in [6, 6.07) is 18.2. The molecule has 0 radical (unpaired) electrons. The number of anilines is 4. The number of carbonyl (C=O) groups is 1. The van der Waals surface area contributed by atoms with Gasteiger partial charge in [0.05, 0.1) is 16.9 Å². The van der Waals surface area contributed by atoms with E-state index >= 15 is 0 Å². The molecule has 1 heterocycles. The van der Waals surface area contributed by atoms with E-state index in [-0.39, 0.29) is 5.78 Å². The molecule has 5 N–H and O–H groups in total. The van der Waals surface area contributed by atoms with Crippen LogP contribution in [0.2, 0.25) is 0 Å². The highest BCUT2D eigenvalue weighted by Gasteiger charge is 2.22. The van der Waals surface area contributed by atoms with Crippen molar-refractivity contribution in [1.29, 1.82) is 0 Å². The normalized spacial score (nSPS) is 12.6. The molecule has 0 amide bonds. The molecule has 3 aromatic carbocycles. The third-order valence-corrected chi connectivity index (χ3v) is 4.22. The second-order valence-electron chi connectivity index (χ2n) is 5.96. The lowest BCUT2D eigenvalue weighted by molar-refractivity contribution is 0.103. The number of fused-ring (bicyclic) bond motifs is 2. The fourth-order valence-corrected chi connectivity index (χ4v) is 2.93. The average Bonchev–Trinajstić information content (AvgIpc) is 2.74. The lowest BCUT2D eigenvalue weighted by Gasteiger charge is -2.12. The number of ether oxygens (including phenoxy) is 1. The van der Waals surface area contributed by atoms with Crippen LogP contribution < -0.4 is 21.5 Å². The number of nitrogens with one attached hydrogen (secondary N) is 1. The molecule has 0 saturated carbocycles. The predicted octanol–water partition coefficient (Wildman–Crippen LogP) is 3.72. The summed E-state index contributed by atoms with van der Waals surface area (Å²) in [5.74, 6) is 0.479. The molecule has 0 aliphatic carbocycles. The fourth-order valence-electron chi connectivity index (χ4n) is 2.93. The highest BCUT2D eigenvalue weighted by atomic mass is 16.5. The lowest BCUT2D eigenvalue weighted by Crippen LogP contribution is -2.04. The van der Waals surface area contributed by atoms with Crippen LogP contribution in [0, 0.1) is 0 Å². The van der Waals surface area contributed by atoms with Gasteiger partial charge in [0.1, 0.15) is 12.4 Å². The summed E-state index contributed by atoms with van der Waals surface area (Å²) in [4.78, 5) is 12.8. The summed E-state index contributed by atoms with van der Waals surface area (Å²) in [5.41, 5.74) is 16.6. The van der Waals surface area contributed by atoms with Gasteiger partial charge in [-0.3, -0.25) is 4.79 Å². The van der Waals surface area contributed by atoms with Gasteiger partial charge in [0.2, 0.25) is 0 Å². The molecule has 0 saturated heterocycles. The summed E-state index contributed by atoms with van der Waals surface area (Å²) in [6.45, 7) is 0.302. The second-order valence-corrected chi connectivity index (χ2v) is 5.96. The highest BCUT2D eigenvalue weighted by molar-refractivity contribution is 6.12. The SMILES string of the molecule is Nc1ccc2c(c1)COc1cc(Nc3ccccc3N)ccc1C2=O. The van der Waals surface area contributed by atoms with Crippen molar-refractivity contribution in [2.45, 2.75) is 6.61 Å². The third-order valence-electron chi connectivity index (χ3n) is 4.22. The van der Waals surface area contributed by atoms with Gasteiger partial charge < -0.3 is 21.5 Å². The second kappa shape index (κ2) is 5.87. The summed E-state index contributed by atoms with van der Waals surface area (Å²) in [7, 11) is 0. The van der Waals surface area contributed by atoms with Crippen molar-refractivity contribution < 1.29 is 9.53 Å². The van der Waals surface area contributed by atoms with E-state index in [0.717, 1.165) is 16.9 Å². The number of nitrogen functional groups attached to an aromatic ring is 2. The first-order valence-corrected chi connectivity index (χ1v) is 7.93. The number of para-hydroxylation sites is 2. The van der Waals surface area contributed by atoms with Crippen LogP contribution >= 0.6 is 0 Å². The van der Waals surface area contributed by atoms with Crippen molar-refractivity contribution in [3.05, 3.63) is 77.4 Å². The Hall–Kier alpha value is -3.47. The van der Waals surface area contributed by atoms with Crippen molar-refractivity contribution in [2.75, 3.05) is 16.8 Å². The number of rotatable bonds is 2. The Kier molecular flexibility index (Phi) is 3.54. The Balaban J connectivity index is 1.70. The topological polar surface area (TPSA) is 90.4 Å². The molecule has 0 fully saturated rings. The number of benzene rings is 3. The molecule has 124 valence electrons. The van der Waals surface area contributed by atoms with E-state index in [4.69, 9.17) is 16.2 Å². The van der Waals surface area contributed by atoms with E-state index in [2.05, 4.69) is 5.32 Å². The maximum atomic E-state index is 12.8. The monoisotopic (exact) mass is 331 g/mol. The van der Waals surface area contributed by atoms with Crippen LogP contribution in [-0.4, -0.2) is 5.78 Å². The first kappa shape index (κ1) is 15.1. The summed E-state index contributed by atoms with van der Waals surface area (Å²) in [6.07, 6.45) is 0. The maximum Gasteiger partial charge on any atom is 0.197 e. The van der Waals surface area contributed by atoms with Crippen molar-refractivity contribution >= 4 is 28.5 Å². The smallest absolute Gasteiger partial charge is 0.197 e. The Labute approximate surface area is 145 Å². The van der Waals surface area contributed by atoms with Gasteiger partial charge in [0.15, 0.2) is 5.78 Å². The molecule has 0 atom stereocenters. The van der Waals surface area contributed by atoms with E-state index in [0.29, 0.717) is 34.9 Å². The Morgan fingerprint density at radius 3 is 2.56 bits per heavy atom. The summed E-state index contributed by atoms with van der Waals surface area (Å²) in [5, 5.41) is 3.25. The molecule has 3 aromatic rings. The lowest BCUT2D eigenvalue weighted by atomic mass is 9.98. The van der Waals surface area contributed by atoms with Crippen LogP contribution in [0.1, 0.15) is 21.5 Å². The summed E-state index contributed by atoms with van der Waals surface area (Å²) >= 11 is 0. The molecule has 5 heteroatoms. The van der Waals surface area contributed by atoms with Crippen LogP contribution in [0.3, 0.4) is 0 Å². The van der Waals surface area contributed by atoms with E-state index in [1.807, 2.05) is 36.4 Å². The van der Waals surface area contributed by atoms with Crippen LogP contribution in [0.15, 0.2) is 60.7 Å². The van der Waals surface area contributed by atoms with Crippen LogP contribution in [0.25, 0.3) is 0 Å². The first-order chi connectivity index (χ1) is 12.1. The number of carbonyl (C=O) groups excluding carboxylic acids is 1. The first-order valence-electron chi connectivity index (χ1n) is 7.93. The quantitative estimate of drug-likeness (QED) is 0.623. The van der Waals surface area contributed by atoms with E-state index in [9.17, 15) is 4.79 Å². The minimum atomic E-state index is -0.0618. The molecular weight excluding hydrogens is 314 g/mol. The van der Waals surface area contributed by atoms with Crippen LogP contribution in [-0.2, 0) is 6.61 Å². The molecule has 4 rings (SSSR count). The van der Waals surface area contributed by atoms with Gasteiger partial charge in [0.25, 0.3) is 0 Å². The molecular formula is C20H17N3O2. The Bertz CT molecular complexity index is 982. The highest BCUT2D eigenvalue weighted by Crippen LogP contribution is 2.33. The fraction of sp³-hybridized carbons (Fsp3) is 0.0500. The Morgan fingerprint density at radius 1 is 0.920 bits per heavy atom. The number of hydrogen-bond acceptors (Lipinski definition) is 5. The zero-order valence-corrected chi connectivity index (χ0v) is 13.5. The molecule has 25 heavy (non-hydrogen) atoms. The van der Waals surface area contributed by atoms with Crippen molar-refractivity contribution in [3.8, 4) is 5.75 Å². The number of ketones is 1.